The van der Waals surface area contributed by atoms with Crippen molar-refractivity contribution in [3.8, 4) is 5.75 Å². The van der Waals surface area contributed by atoms with E-state index in [9.17, 15) is 9.90 Å². The quantitative estimate of drug-likeness (QED) is 0.290. The zero-order valence-corrected chi connectivity index (χ0v) is 19.1. The highest BCUT2D eigenvalue weighted by molar-refractivity contribution is 5.65. The Balaban J connectivity index is 1.31. The Hall–Kier alpha value is -3.03. The molecular formula is C26H35N3O4. The van der Waals surface area contributed by atoms with Gasteiger partial charge in [0, 0.05) is 31.4 Å². The lowest BCUT2D eigenvalue weighted by molar-refractivity contribution is 0.106. The number of para-hydroxylation sites is 1. The number of hydrogen-bond acceptors (Lipinski definition) is 5. The van der Waals surface area contributed by atoms with E-state index in [4.69, 9.17) is 9.84 Å². The summed E-state index contributed by atoms with van der Waals surface area (Å²) in [6.07, 6.45) is 3.68. The van der Waals surface area contributed by atoms with Gasteiger partial charge in [0.15, 0.2) is 0 Å². The number of amides is 1. The number of carbonyl (C=O) groups is 1. The summed E-state index contributed by atoms with van der Waals surface area (Å²) in [6.45, 7) is 6.41. The van der Waals surface area contributed by atoms with Crippen LogP contribution in [0.15, 0.2) is 61.2 Å². The van der Waals surface area contributed by atoms with Gasteiger partial charge in [-0.3, -0.25) is 0 Å². The highest BCUT2D eigenvalue weighted by Crippen LogP contribution is 2.19. The number of nitrogens with one attached hydrogen (secondary N) is 2. The van der Waals surface area contributed by atoms with E-state index in [0.29, 0.717) is 25.7 Å². The fraction of sp³-hybridized carbons (Fsp3) is 0.423. The van der Waals surface area contributed by atoms with Gasteiger partial charge in [0.25, 0.3) is 0 Å². The first-order valence-electron chi connectivity index (χ1n) is 11.6. The molecule has 0 radical (unpaired) electrons. The van der Waals surface area contributed by atoms with Crippen molar-refractivity contribution in [2.24, 2.45) is 0 Å². The number of allylic oxidation sites excluding steroid dienone is 1. The van der Waals surface area contributed by atoms with Crippen LogP contribution in [0.5, 0.6) is 5.75 Å². The molecule has 1 aliphatic heterocycles. The van der Waals surface area contributed by atoms with Crippen LogP contribution in [0.3, 0.4) is 0 Å². The van der Waals surface area contributed by atoms with Crippen LogP contribution < -0.4 is 15.4 Å². The summed E-state index contributed by atoms with van der Waals surface area (Å²) in [5.74, 6) is 0.789. The maximum atomic E-state index is 11.0. The van der Waals surface area contributed by atoms with Crippen LogP contribution in [0.2, 0.25) is 0 Å². The molecule has 33 heavy (non-hydrogen) atoms. The predicted molar refractivity (Wildman–Crippen MR) is 131 cm³/mol. The standard InChI is InChI=1S/C26H35N3O4/c1-2-5-21-6-3-4-7-25(21)33-19-24(30)18-27-15-12-20-8-10-22(11-9-20)28-23-13-16-29(17-14-23)26(31)32/h2-4,6-11,23-24,27-28,30H,1,5,12-19H2,(H,31,32)/t24-/m0/s1. The van der Waals surface area contributed by atoms with E-state index in [1.807, 2.05) is 30.3 Å². The van der Waals surface area contributed by atoms with Gasteiger partial charge >= 0.3 is 6.09 Å². The second-order valence-corrected chi connectivity index (χ2v) is 8.40. The minimum absolute atomic E-state index is 0.243. The van der Waals surface area contributed by atoms with Crippen LogP contribution in [-0.2, 0) is 12.8 Å². The zero-order chi connectivity index (χ0) is 23.5. The third-order valence-corrected chi connectivity index (χ3v) is 5.83. The molecule has 7 heteroatoms. The Morgan fingerprint density at radius 2 is 1.91 bits per heavy atom. The fourth-order valence-electron chi connectivity index (χ4n) is 3.93. The molecule has 1 saturated heterocycles. The molecule has 0 aliphatic carbocycles. The summed E-state index contributed by atoms with van der Waals surface area (Å²) in [7, 11) is 0. The van der Waals surface area contributed by atoms with Crippen molar-refractivity contribution in [3.05, 3.63) is 72.3 Å². The van der Waals surface area contributed by atoms with Crippen molar-refractivity contribution in [1.82, 2.24) is 10.2 Å². The van der Waals surface area contributed by atoms with Gasteiger partial charge in [0.2, 0.25) is 0 Å². The summed E-state index contributed by atoms with van der Waals surface area (Å²) in [4.78, 5) is 12.5. The number of anilines is 1. The smallest absolute Gasteiger partial charge is 0.407 e. The van der Waals surface area contributed by atoms with Crippen LogP contribution in [0.4, 0.5) is 10.5 Å². The normalized spacial score (nSPS) is 15.1. The molecule has 7 nitrogen and oxygen atoms in total. The summed E-state index contributed by atoms with van der Waals surface area (Å²) in [5, 5.41) is 26.0. The van der Waals surface area contributed by atoms with Gasteiger partial charge in [-0.25, -0.2) is 4.79 Å². The van der Waals surface area contributed by atoms with Crippen molar-refractivity contribution >= 4 is 11.8 Å². The molecule has 2 aromatic carbocycles. The molecular weight excluding hydrogens is 418 g/mol. The van der Waals surface area contributed by atoms with Gasteiger partial charge in [-0.05, 0) is 61.6 Å². The maximum absolute atomic E-state index is 11.0. The number of aliphatic hydroxyl groups excluding tert-OH is 1. The molecule has 0 aromatic heterocycles. The molecule has 1 heterocycles. The lowest BCUT2D eigenvalue weighted by Gasteiger charge is -2.31. The van der Waals surface area contributed by atoms with E-state index < -0.39 is 12.2 Å². The third kappa shape index (κ3) is 8.11. The van der Waals surface area contributed by atoms with E-state index >= 15 is 0 Å². The van der Waals surface area contributed by atoms with Gasteiger partial charge in [-0.2, -0.15) is 0 Å². The first-order valence-corrected chi connectivity index (χ1v) is 11.6. The number of nitrogens with zero attached hydrogens (tertiary/aromatic N) is 1. The average molecular weight is 454 g/mol. The van der Waals surface area contributed by atoms with Crippen LogP contribution in [0, 0.1) is 0 Å². The topological polar surface area (TPSA) is 94.1 Å². The number of hydrogen-bond donors (Lipinski definition) is 4. The van der Waals surface area contributed by atoms with Crippen molar-refractivity contribution in [2.45, 2.75) is 37.8 Å². The van der Waals surface area contributed by atoms with E-state index in [1.165, 1.54) is 10.5 Å². The summed E-state index contributed by atoms with van der Waals surface area (Å²) in [5.41, 5.74) is 3.35. The van der Waals surface area contributed by atoms with Gasteiger partial charge in [0.05, 0.1) is 0 Å². The van der Waals surface area contributed by atoms with Gasteiger partial charge in [-0.1, -0.05) is 36.4 Å². The van der Waals surface area contributed by atoms with E-state index in [0.717, 1.165) is 49.2 Å². The van der Waals surface area contributed by atoms with Gasteiger partial charge < -0.3 is 30.5 Å². The number of carboxylic acid groups (broad SMARTS) is 1. The largest absolute Gasteiger partial charge is 0.491 e. The van der Waals surface area contributed by atoms with Gasteiger partial charge in [0.1, 0.15) is 18.5 Å². The number of piperidine rings is 1. The molecule has 1 aliphatic rings. The molecule has 0 bridgehead atoms. The molecule has 3 rings (SSSR count). The molecule has 4 N–H and O–H groups in total. The number of ether oxygens (including phenoxy) is 1. The Morgan fingerprint density at radius 1 is 1.18 bits per heavy atom. The molecule has 2 aromatic rings. The maximum Gasteiger partial charge on any atom is 0.407 e. The van der Waals surface area contributed by atoms with Crippen molar-refractivity contribution < 1.29 is 19.7 Å². The van der Waals surface area contributed by atoms with Crippen molar-refractivity contribution in [3.63, 3.8) is 0 Å². The monoisotopic (exact) mass is 453 g/mol. The SMILES string of the molecule is C=CCc1ccccc1OC[C@@H](O)CNCCc1ccc(NC2CCN(C(=O)O)CC2)cc1. The number of rotatable bonds is 12. The van der Waals surface area contributed by atoms with Crippen molar-refractivity contribution in [2.75, 3.05) is 38.1 Å². The van der Waals surface area contributed by atoms with E-state index in [1.54, 1.807) is 0 Å². The van der Waals surface area contributed by atoms with Crippen molar-refractivity contribution in [1.29, 1.82) is 0 Å². The first kappa shape index (κ1) is 24.6. The third-order valence-electron chi connectivity index (χ3n) is 5.83. The first-order chi connectivity index (χ1) is 16.0. The fourth-order valence-corrected chi connectivity index (χ4v) is 3.93. The second kappa shape index (κ2) is 12.9. The summed E-state index contributed by atoms with van der Waals surface area (Å²) < 4.78 is 5.78. The Labute approximate surface area is 196 Å². The van der Waals surface area contributed by atoms with Crippen LogP contribution in [-0.4, -0.2) is 66.1 Å². The number of aliphatic hydroxyl groups is 1. The van der Waals surface area contributed by atoms with Gasteiger partial charge in [-0.15, -0.1) is 6.58 Å². The molecule has 178 valence electrons. The van der Waals surface area contributed by atoms with E-state index in [-0.39, 0.29) is 6.61 Å². The molecule has 1 amide bonds. The average Bonchev–Trinajstić information content (AvgIpc) is 2.83. The predicted octanol–water partition coefficient (Wildman–Crippen LogP) is 3.54. The van der Waals surface area contributed by atoms with Crippen LogP contribution in [0.1, 0.15) is 24.0 Å². The second-order valence-electron chi connectivity index (χ2n) is 8.40. The lowest BCUT2D eigenvalue weighted by Crippen LogP contribution is -2.41. The van der Waals surface area contributed by atoms with Crippen LogP contribution in [0.25, 0.3) is 0 Å². The highest BCUT2D eigenvalue weighted by atomic mass is 16.5. The molecule has 0 saturated carbocycles. The number of benzene rings is 2. The molecule has 1 atom stereocenters. The van der Waals surface area contributed by atoms with E-state index in [2.05, 4.69) is 41.5 Å². The Kier molecular flexibility index (Phi) is 9.59. The highest BCUT2D eigenvalue weighted by Gasteiger charge is 2.21. The van der Waals surface area contributed by atoms with Crippen LogP contribution >= 0.6 is 0 Å². The minimum Gasteiger partial charge on any atom is -0.491 e. The summed E-state index contributed by atoms with van der Waals surface area (Å²) in [6, 6.07) is 16.5. The lowest BCUT2D eigenvalue weighted by atomic mass is 10.0. The molecule has 1 fully saturated rings. The molecule has 0 unspecified atom stereocenters. The Bertz CT molecular complexity index is 879. The molecule has 0 spiro atoms. The Morgan fingerprint density at radius 3 is 2.61 bits per heavy atom. The zero-order valence-electron chi connectivity index (χ0n) is 19.1. The summed E-state index contributed by atoms with van der Waals surface area (Å²) >= 11 is 0. The number of likely N-dealkylation sites (tertiary alicyclic amines) is 1. The minimum atomic E-state index is -0.833.